The summed E-state index contributed by atoms with van der Waals surface area (Å²) in [5, 5.41) is 0.712. The van der Waals surface area contributed by atoms with Crippen LogP contribution in [0.25, 0.3) is 11.1 Å². The summed E-state index contributed by atoms with van der Waals surface area (Å²) in [5.74, 6) is 0. The van der Waals surface area contributed by atoms with Gasteiger partial charge in [-0.1, -0.05) is 151 Å². The second-order valence-electron chi connectivity index (χ2n) is 16.3. The van der Waals surface area contributed by atoms with E-state index in [1.165, 1.54) is 103 Å². The Morgan fingerprint density at radius 1 is 0.356 bits per heavy atom. The molecule has 59 heavy (non-hydrogen) atoms. The number of aryl methyl sites for hydroxylation is 5. The van der Waals surface area contributed by atoms with Crippen LogP contribution in [0, 0.1) is 0 Å². The highest BCUT2D eigenvalue weighted by atomic mass is 35.5. The zero-order chi connectivity index (χ0) is 41.4. The molecule has 3 heteroatoms. The summed E-state index contributed by atoms with van der Waals surface area (Å²) in [4.78, 5) is 4.74. The van der Waals surface area contributed by atoms with E-state index in [-0.39, 0.29) is 0 Å². The second kappa shape index (κ2) is 22.5. The third-order valence-electron chi connectivity index (χ3n) is 11.7. The first-order chi connectivity index (χ1) is 29.0. The van der Waals surface area contributed by atoms with Gasteiger partial charge in [-0.3, -0.25) is 0 Å². The Kier molecular flexibility index (Phi) is 16.7. The van der Waals surface area contributed by atoms with Crippen molar-refractivity contribution in [2.45, 2.75) is 131 Å². The largest absolute Gasteiger partial charge is 0.309 e. The van der Waals surface area contributed by atoms with Crippen LogP contribution in [0.5, 0.6) is 0 Å². The highest BCUT2D eigenvalue weighted by molar-refractivity contribution is 6.36. The number of nitrogens with zero attached hydrogens (tertiary/aromatic N) is 2. The lowest BCUT2D eigenvalue weighted by Crippen LogP contribution is -2.15. The predicted octanol–water partition coefficient (Wildman–Crippen LogP) is 17.7. The highest BCUT2D eigenvalue weighted by Gasteiger charge is 2.24. The van der Waals surface area contributed by atoms with Crippen molar-refractivity contribution < 1.29 is 0 Å². The number of anilines is 6. The number of hydrogen-bond acceptors (Lipinski definition) is 2. The van der Waals surface area contributed by atoms with Crippen LogP contribution in [0.2, 0.25) is 5.02 Å². The average Bonchev–Trinajstić information content (AvgIpc) is 3.28. The van der Waals surface area contributed by atoms with Gasteiger partial charge >= 0.3 is 0 Å². The van der Waals surface area contributed by atoms with E-state index in [4.69, 9.17) is 11.6 Å². The summed E-state index contributed by atoms with van der Waals surface area (Å²) in [6, 6.07) is 50.4. The molecular weight excluding hydrogens is 736 g/mol. The number of benzene rings is 6. The summed E-state index contributed by atoms with van der Waals surface area (Å²) >= 11 is 7.88. The molecule has 0 atom stereocenters. The van der Waals surface area contributed by atoms with Gasteiger partial charge in [0.25, 0.3) is 0 Å². The Bertz CT molecular complexity index is 2100. The van der Waals surface area contributed by atoms with Crippen molar-refractivity contribution in [1.82, 2.24) is 0 Å². The van der Waals surface area contributed by atoms with Gasteiger partial charge in [0.1, 0.15) is 0 Å². The van der Waals surface area contributed by atoms with Gasteiger partial charge in [0, 0.05) is 22.6 Å². The maximum absolute atomic E-state index is 7.88. The molecule has 0 aliphatic carbocycles. The molecule has 308 valence electrons. The minimum absolute atomic E-state index is 0.712. The van der Waals surface area contributed by atoms with Crippen molar-refractivity contribution in [1.29, 1.82) is 0 Å². The van der Waals surface area contributed by atoms with E-state index >= 15 is 0 Å². The standard InChI is InChI=1S/C56H67ClN2/c1-6-11-17-43-24-33-48(34-25-43)52-42-47(21-15-10-5)32-41-53(52)59(51-39-30-46(31-40-51)20-14-9-4)55-23-16-22-54(56(55)57)58(49-35-26-44(27-36-49)18-12-7-2)50-37-28-45(29-38-50)19-13-8-3/h16,22-42H,6-15,17-21H2,1-5H3. The summed E-state index contributed by atoms with van der Waals surface area (Å²) < 4.78 is 0. The molecule has 0 radical (unpaired) electrons. The zero-order valence-electron chi connectivity index (χ0n) is 36.6. The molecule has 0 unspecified atom stereocenters. The van der Waals surface area contributed by atoms with E-state index in [2.05, 4.69) is 178 Å². The van der Waals surface area contributed by atoms with E-state index in [1.54, 1.807) is 0 Å². The molecule has 0 N–H and O–H groups in total. The van der Waals surface area contributed by atoms with Crippen LogP contribution < -0.4 is 9.80 Å². The van der Waals surface area contributed by atoms with Crippen LogP contribution >= 0.6 is 11.6 Å². The zero-order valence-corrected chi connectivity index (χ0v) is 37.3. The van der Waals surface area contributed by atoms with Crippen LogP contribution in [0.1, 0.15) is 127 Å². The smallest absolute Gasteiger partial charge is 0.0887 e. The maximum Gasteiger partial charge on any atom is 0.0887 e. The molecule has 0 aromatic heterocycles. The first-order valence-corrected chi connectivity index (χ1v) is 23.2. The SMILES string of the molecule is CCCCc1ccc(-c2cc(CCCC)ccc2N(c2ccc(CCCC)cc2)c2cccc(N(c3ccc(CCCC)cc3)c3ccc(CCCC)cc3)c2Cl)cc1. The molecule has 6 aromatic carbocycles. The van der Waals surface area contributed by atoms with E-state index in [9.17, 15) is 0 Å². The van der Waals surface area contributed by atoms with Gasteiger partial charge in [-0.2, -0.15) is 0 Å². The number of hydrogen-bond donors (Lipinski definition) is 0. The molecule has 0 saturated heterocycles. The fourth-order valence-electron chi connectivity index (χ4n) is 8.04. The molecule has 2 nitrogen and oxygen atoms in total. The molecule has 0 bridgehead atoms. The number of unbranched alkanes of at least 4 members (excludes halogenated alkanes) is 5. The van der Waals surface area contributed by atoms with Gasteiger partial charge in [-0.25, -0.2) is 0 Å². The summed E-state index contributed by atoms with van der Waals surface area (Å²) in [5.41, 5.74) is 15.6. The molecule has 0 fully saturated rings. The minimum Gasteiger partial charge on any atom is -0.309 e. The molecule has 0 aliphatic rings. The van der Waals surface area contributed by atoms with Gasteiger partial charge in [-0.05, 0) is 158 Å². The lowest BCUT2D eigenvalue weighted by Gasteiger charge is -2.32. The van der Waals surface area contributed by atoms with Crippen molar-refractivity contribution in [3.8, 4) is 11.1 Å². The number of rotatable bonds is 22. The minimum atomic E-state index is 0.712. The van der Waals surface area contributed by atoms with Crippen LogP contribution in [0.3, 0.4) is 0 Å². The lowest BCUT2D eigenvalue weighted by molar-refractivity contribution is 0.794. The summed E-state index contributed by atoms with van der Waals surface area (Å²) in [6.07, 6.45) is 17.3. The van der Waals surface area contributed by atoms with Crippen LogP contribution in [0.4, 0.5) is 34.1 Å². The average molecular weight is 804 g/mol. The summed E-state index contributed by atoms with van der Waals surface area (Å²) in [7, 11) is 0. The molecule has 0 spiro atoms. The summed E-state index contributed by atoms with van der Waals surface area (Å²) in [6.45, 7) is 11.3. The molecule has 0 amide bonds. The monoisotopic (exact) mass is 802 g/mol. The quantitative estimate of drug-likeness (QED) is 0.0675. The Labute approximate surface area is 362 Å². The van der Waals surface area contributed by atoms with Crippen molar-refractivity contribution in [3.05, 3.63) is 166 Å². The van der Waals surface area contributed by atoms with Crippen LogP contribution in [-0.4, -0.2) is 0 Å². The first-order valence-electron chi connectivity index (χ1n) is 22.9. The molecular formula is C56H67ClN2. The lowest BCUT2D eigenvalue weighted by atomic mass is 9.95. The maximum atomic E-state index is 7.88. The van der Waals surface area contributed by atoms with E-state index in [0.717, 1.165) is 66.2 Å². The second-order valence-corrected chi connectivity index (χ2v) is 16.7. The Hall–Kier alpha value is -4.79. The van der Waals surface area contributed by atoms with E-state index < -0.39 is 0 Å². The normalized spacial score (nSPS) is 11.2. The Morgan fingerprint density at radius 3 is 1.10 bits per heavy atom. The van der Waals surface area contributed by atoms with Crippen molar-refractivity contribution in [2.24, 2.45) is 0 Å². The molecule has 6 aromatic rings. The van der Waals surface area contributed by atoms with Crippen LogP contribution in [0.15, 0.2) is 133 Å². The third-order valence-corrected chi connectivity index (χ3v) is 12.1. The van der Waals surface area contributed by atoms with Crippen molar-refractivity contribution in [3.63, 3.8) is 0 Å². The first kappa shape index (κ1) is 43.8. The molecule has 0 saturated carbocycles. The van der Waals surface area contributed by atoms with E-state index in [0.29, 0.717) is 5.02 Å². The number of halogens is 1. The fraction of sp³-hybridized carbons (Fsp3) is 0.357. The van der Waals surface area contributed by atoms with Gasteiger partial charge in [0.05, 0.1) is 22.1 Å². The van der Waals surface area contributed by atoms with Gasteiger partial charge < -0.3 is 9.80 Å². The topological polar surface area (TPSA) is 6.48 Å². The highest BCUT2D eigenvalue weighted by Crippen LogP contribution is 2.49. The van der Waals surface area contributed by atoms with Crippen molar-refractivity contribution >= 4 is 45.7 Å². The molecule has 6 rings (SSSR count). The van der Waals surface area contributed by atoms with E-state index in [1.807, 2.05) is 0 Å². The van der Waals surface area contributed by atoms with Gasteiger partial charge in [0.15, 0.2) is 0 Å². The third kappa shape index (κ3) is 11.5. The van der Waals surface area contributed by atoms with Crippen LogP contribution in [-0.2, 0) is 32.1 Å². The predicted molar refractivity (Wildman–Crippen MR) is 259 cm³/mol. The molecule has 0 aliphatic heterocycles. The van der Waals surface area contributed by atoms with Gasteiger partial charge in [0.2, 0.25) is 0 Å². The molecule has 0 heterocycles. The fourth-order valence-corrected chi connectivity index (χ4v) is 8.34. The van der Waals surface area contributed by atoms with Gasteiger partial charge in [-0.15, -0.1) is 0 Å². The van der Waals surface area contributed by atoms with Crippen molar-refractivity contribution in [2.75, 3.05) is 9.80 Å². The Balaban J connectivity index is 1.53. The Morgan fingerprint density at radius 2 is 0.695 bits per heavy atom.